The number of nitrogens with zero attached hydrogens (tertiary/aromatic N) is 3. The number of hydrogen-bond acceptors (Lipinski definition) is 6. The first-order valence-corrected chi connectivity index (χ1v) is 10.1. The number of benzene rings is 2. The van der Waals surface area contributed by atoms with E-state index in [-0.39, 0.29) is 18.7 Å². The summed E-state index contributed by atoms with van der Waals surface area (Å²) >= 11 is 0. The molecule has 2 N–H and O–H groups in total. The number of halogens is 3. The van der Waals surface area contributed by atoms with Gasteiger partial charge < -0.3 is 19.9 Å². The molecule has 0 saturated heterocycles. The lowest BCUT2D eigenvalue weighted by molar-refractivity contribution is -0.384. The third-order valence-electron chi connectivity index (χ3n) is 5.06. The van der Waals surface area contributed by atoms with Gasteiger partial charge in [-0.05, 0) is 18.2 Å². The van der Waals surface area contributed by atoms with Gasteiger partial charge in [-0.25, -0.2) is 4.98 Å². The molecular formula is C22H22F3N5O4. The number of hydrogen-bond donors (Lipinski definition) is 2. The maximum Gasteiger partial charge on any atom is 0.416 e. The number of nitro benzene ring substituents is 1. The third kappa shape index (κ3) is 5.63. The number of alkyl halides is 3. The molecule has 12 heteroatoms. The van der Waals surface area contributed by atoms with E-state index in [0.29, 0.717) is 23.2 Å². The molecule has 0 aliphatic rings. The van der Waals surface area contributed by atoms with E-state index in [0.717, 1.165) is 12.1 Å². The highest BCUT2D eigenvalue weighted by Gasteiger charge is 2.33. The summed E-state index contributed by atoms with van der Waals surface area (Å²) in [6, 6.07) is 8.68. The van der Waals surface area contributed by atoms with E-state index < -0.39 is 34.3 Å². The van der Waals surface area contributed by atoms with Crippen molar-refractivity contribution in [1.29, 1.82) is 0 Å². The Hall–Kier alpha value is -4.09. The van der Waals surface area contributed by atoms with Gasteiger partial charge in [0.25, 0.3) is 5.69 Å². The topological polar surface area (TPSA) is 111 Å². The van der Waals surface area contributed by atoms with Crippen LogP contribution in [0.25, 0.3) is 0 Å². The predicted octanol–water partition coefficient (Wildman–Crippen LogP) is 4.06. The zero-order valence-corrected chi connectivity index (χ0v) is 18.3. The van der Waals surface area contributed by atoms with Gasteiger partial charge in [-0.3, -0.25) is 14.9 Å². The van der Waals surface area contributed by atoms with Crippen LogP contribution in [0.1, 0.15) is 29.4 Å². The number of anilines is 1. The van der Waals surface area contributed by atoms with Crippen LogP contribution in [-0.2, 0) is 18.0 Å². The van der Waals surface area contributed by atoms with Gasteiger partial charge in [0.05, 0.1) is 17.6 Å². The number of nitrogens with one attached hydrogen (secondary N) is 2. The molecule has 34 heavy (non-hydrogen) atoms. The Labute approximate surface area is 192 Å². The van der Waals surface area contributed by atoms with Crippen LogP contribution in [0.2, 0.25) is 0 Å². The number of ether oxygens (including phenoxy) is 1. The molecule has 0 spiro atoms. The molecule has 1 aromatic heterocycles. The van der Waals surface area contributed by atoms with E-state index in [1.165, 1.54) is 7.11 Å². The standard InChI is InChI=1S/C22H22F3N5O4/c1-29-12-11-27-21(29)20(15-5-3-4-6-18(15)34-2)28-19(31)9-10-26-16-8-7-14(22(23,24)25)13-17(16)30(32)33/h3-8,11-13,20,26H,9-10H2,1-2H3,(H,28,31). The maximum absolute atomic E-state index is 12.9. The van der Waals surface area contributed by atoms with Crippen LogP contribution in [0.4, 0.5) is 24.5 Å². The molecule has 0 aliphatic heterocycles. The molecule has 2 aromatic carbocycles. The molecule has 0 fully saturated rings. The summed E-state index contributed by atoms with van der Waals surface area (Å²) in [6.45, 7) is -0.0444. The largest absolute Gasteiger partial charge is 0.496 e. The molecule has 9 nitrogen and oxygen atoms in total. The van der Waals surface area contributed by atoms with E-state index >= 15 is 0 Å². The number of amides is 1. The second-order valence-corrected chi connectivity index (χ2v) is 7.30. The first-order chi connectivity index (χ1) is 16.1. The summed E-state index contributed by atoms with van der Waals surface area (Å²) in [5, 5.41) is 16.8. The van der Waals surface area contributed by atoms with E-state index in [4.69, 9.17) is 4.74 Å². The summed E-state index contributed by atoms with van der Waals surface area (Å²) in [5.41, 5.74) is -1.29. The molecular weight excluding hydrogens is 455 g/mol. The minimum Gasteiger partial charge on any atom is -0.496 e. The second-order valence-electron chi connectivity index (χ2n) is 7.30. The van der Waals surface area contributed by atoms with E-state index in [2.05, 4.69) is 15.6 Å². The second kappa shape index (κ2) is 10.2. The van der Waals surface area contributed by atoms with E-state index in [1.807, 2.05) is 0 Å². The quantitative estimate of drug-likeness (QED) is 0.355. The molecule has 1 heterocycles. The minimum atomic E-state index is -4.71. The predicted molar refractivity (Wildman–Crippen MR) is 117 cm³/mol. The number of para-hydroxylation sites is 1. The zero-order chi connectivity index (χ0) is 24.9. The van der Waals surface area contributed by atoms with Gasteiger partial charge in [-0.1, -0.05) is 18.2 Å². The number of aromatic nitrogens is 2. The average molecular weight is 477 g/mol. The number of imidazole rings is 1. The van der Waals surface area contributed by atoms with Crippen LogP contribution < -0.4 is 15.4 Å². The van der Waals surface area contributed by atoms with Crippen LogP contribution >= 0.6 is 0 Å². The monoisotopic (exact) mass is 477 g/mol. The number of rotatable bonds is 9. The lowest BCUT2D eigenvalue weighted by Gasteiger charge is -2.21. The lowest BCUT2D eigenvalue weighted by atomic mass is 10.0. The van der Waals surface area contributed by atoms with Gasteiger partial charge in [0, 0.05) is 44.0 Å². The van der Waals surface area contributed by atoms with Crippen molar-refractivity contribution in [3.63, 3.8) is 0 Å². The Morgan fingerprint density at radius 3 is 2.62 bits per heavy atom. The van der Waals surface area contributed by atoms with Crippen molar-refractivity contribution >= 4 is 17.3 Å². The molecule has 1 unspecified atom stereocenters. The van der Waals surface area contributed by atoms with Gasteiger partial charge in [0.2, 0.25) is 5.91 Å². The highest BCUT2D eigenvalue weighted by molar-refractivity contribution is 5.78. The Morgan fingerprint density at radius 2 is 2.00 bits per heavy atom. The van der Waals surface area contributed by atoms with Gasteiger partial charge >= 0.3 is 6.18 Å². The van der Waals surface area contributed by atoms with E-state index in [9.17, 15) is 28.1 Å². The molecule has 0 radical (unpaired) electrons. The van der Waals surface area contributed by atoms with Crippen molar-refractivity contribution in [3.05, 3.63) is 81.9 Å². The highest BCUT2D eigenvalue weighted by atomic mass is 19.4. The molecule has 180 valence electrons. The van der Waals surface area contributed by atoms with Gasteiger partial charge in [-0.15, -0.1) is 0 Å². The third-order valence-corrected chi connectivity index (χ3v) is 5.06. The summed E-state index contributed by atoms with van der Waals surface area (Å²) in [5.74, 6) is 0.708. The molecule has 1 atom stereocenters. The van der Waals surface area contributed by atoms with Crippen molar-refractivity contribution in [3.8, 4) is 5.75 Å². The average Bonchev–Trinajstić information content (AvgIpc) is 3.22. The minimum absolute atomic E-state index is 0.0444. The van der Waals surface area contributed by atoms with Crippen LogP contribution in [0.5, 0.6) is 5.75 Å². The Bertz CT molecular complexity index is 1180. The number of carbonyl (C=O) groups excluding carboxylic acids is 1. The van der Waals surface area contributed by atoms with Crippen molar-refractivity contribution in [2.24, 2.45) is 7.05 Å². The Kier molecular flexibility index (Phi) is 7.39. The fourth-order valence-electron chi connectivity index (χ4n) is 3.39. The highest BCUT2D eigenvalue weighted by Crippen LogP contribution is 2.35. The van der Waals surface area contributed by atoms with Gasteiger partial charge in [0.15, 0.2) is 0 Å². The number of nitro groups is 1. The van der Waals surface area contributed by atoms with Gasteiger partial charge in [-0.2, -0.15) is 13.2 Å². The first kappa shape index (κ1) is 24.6. The van der Waals surface area contributed by atoms with Gasteiger partial charge in [0.1, 0.15) is 23.3 Å². The lowest BCUT2D eigenvalue weighted by Crippen LogP contribution is -2.32. The smallest absolute Gasteiger partial charge is 0.416 e. The van der Waals surface area contributed by atoms with Crippen molar-refractivity contribution in [2.75, 3.05) is 19.0 Å². The fraction of sp³-hybridized carbons (Fsp3) is 0.273. The summed E-state index contributed by atoms with van der Waals surface area (Å²) in [6.07, 6.45) is -1.49. The first-order valence-electron chi connectivity index (χ1n) is 10.1. The molecule has 3 aromatic rings. The number of methoxy groups -OCH3 is 1. The Balaban J connectivity index is 1.73. The number of carbonyl (C=O) groups is 1. The molecule has 0 aliphatic carbocycles. The van der Waals surface area contributed by atoms with Crippen molar-refractivity contribution < 1.29 is 27.6 Å². The summed E-state index contributed by atoms with van der Waals surface area (Å²) in [4.78, 5) is 27.3. The normalized spacial score (nSPS) is 12.1. The van der Waals surface area contributed by atoms with Crippen LogP contribution in [0.3, 0.4) is 0 Å². The van der Waals surface area contributed by atoms with Crippen LogP contribution in [0, 0.1) is 10.1 Å². The fourth-order valence-corrected chi connectivity index (χ4v) is 3.39. The molecule has 0 bridgehead atoms. The van der Waals surface area contributed by atoms with Crippen molar-refractivity contribution in [1.82, 2.24) is 14.9 Å². The molecule has 1 amide bonds. The van der Waals surface area contributed by atoms with Crippen LogP contribution in [0.15, 0.2) is 54.9 Å². The molecule has 3 rings (SSSR count). The summed E-state index contributed by atoms with van der Waals surface area (Å²) in [7, 11) is 3.29. The number of aryl methyl sites for hydroxylation is 1. The molecule has 0 saturated carbocycles. The zero-order valence-electron chi connectivity index (χ0n) is 18.3. The maximum atomic E-state index is 12.9. The van der Waals surface area contributed by atoms with E-state index in [1.54, 1.807) is 48.3 Å². The SMILES string of the molecule is COc1ccccc1C(NC(=O)CCNc1ccc(C(F)(F)F)cc1[N+](=O)[O-])c1nccn1C. The Morgan fingerprint density at radius 1 is 1.26 bits per heavy atom. The van der Waals surface area contributed by atoms with Crippen molar-refractivity contribution in [2.45, 2.75) is 18.6 Å². The van der Waals surface area contributed by atoms with Crippen LogP contribution in [-0.4, -0.2) is 34.0 Å². The summed E-state index contributed by atoms with van der Waals surface area (Å²) < 4.78 is 45.8.